The summed E-state index contributed by atoms with van der Waals surface area (Å²) in [6.07, 6.45) is 6.90. The highest BCUT2D eigenvalue weighted by molar-refractivity contribution is 5.77. The summed E-state index contributed by atoms with van der Waals surface area (Å²) < 4.78 is 0. The number of amides is 1. The zero-order chi connectivity index (χ0) is 24.8. The lowest BCUT2D eigenvalue weighted by Crippen LogP contribution is -2.37. The van der Waals surface area contributed by atoms with Gasteiger partial charge in [-0.15, -0.1) is 0 Å². The molecule has 35 heavy (non-hydrogen) atoms. The largest absolute Gasteiger partial charge is 0.392 e. The van der Waals surface area contributed by atoms with Crippen LogP contribution in [0.15, 0.2) is 54.9 Å². The maximum absolute atomic E-state index is 11.6. The smallest absolute Gasteiger partial charge is 0.234 e. The molecule has 184 valence electrons. The molecule has 0 spiro atoms. The SMILES string of the molecule is Cc1cccnc1[C@H]1CCC[C@@H](c2ncccc2C)N1Cc1ccc(CNC(=O)CN)cc1CO. The van der Waals surface area contributed by atoms with Gasteiger partial charge in [0.2, 0.25) is 5.91 Å². The van der Waals surface area contributed by atoms with Crippen molar-refractivity contribution in [1.82, 2.24) is 20.2 Å². The van der Waals surface area contributed by atoms with E-state index in [1.165, 1.54) is 11.1 Å². The number of nitrogens with zero attached hydrogens (tertiary/aromatic N) is 3. The molecule has 1 fully saturated rings. The lowest BCUT2D eigenvalue weighted by atomic mass is 9.88. The number of aromatic nitrogens is 2. The number of benzene rings is 1. The van der Waals surface area contributed by atoms with E-state index in [0.29, 0.717) is 13.1 Å². The molecule has 4 rings (SSSR count). The summed E-state index contributed by atoms with van der Waals surface area (Å²) in [5, 5.41) is 13.0. The van der Waals surface area contributed by atoms with E-state index in [1.54, 1.807) is 0 Å². The van der Waals surface area contributed by atoms with E-state index >= 15 is 0 Å². The third-order valence-corrected chi connectivity index (χ3v) is 6.96. The average molecular weight is 474 g/mol. The van der Waals surface area contributed by atoms with E-state index < -0.39 is 0 Å². The number of carbonyl (C=O) groups is 1. The number of likely N-dealkylation sites (tertiary alicyclic amines) is 1. The Hall–Kier alpha value is -3.13. The van der Waals surface area contributed by atoms with Gasteiger partial charge < -0.3 is 16.2 Å². The number of pyridine rings is 2. The number of nitrogens with one attached hydrogen (secondary N) is 1. The Kier molecular flexibility index (Phi) is 8.23. The van der Waals surface area contributed by atoms with E-state index in [2.05, 4.69) is 42.3 Å². The van der Waals surface area contributed by atoms with E-state index in [4.69, 9.17) is 15.7 Å². The predicted octanol–water partition coefficient (Wildman–Crippen LogP) is 3.63. The number of piperidine rings is 1. The minimum atomic E-state index is -0.199. The van der Waals surface area contributed by atoms with Crippen LogP contribution in [0.3, 0.4) is 0 Å². The van der Waals surface area contributed by atoms with Gasteiger partial charge >= 0.3 is 0 Å². The van der Waals surface area contributed by atoms with Crippen molar-refractivity contribution in [2.75, 3.05) is 6.54 Å². The fourth-order valence-electron chi connectivity index (χ4n) is 5.12. The van der Waals surface area contributed by atoms with Crippen molar-refractivity contribution in [3.63, 3.8) is 0 Å². The Morgan fingerprint density at radius 2 is 1.66 bits per heavy atom. The molecule has 3 heterocycles. The highest BCUT2D eigenvalue weighted by Crippen LogP contribution is 2.43. The van der Waals surface area contributed by atoms with Gasteiger partial charge in [-0.25, -0.2) is 0 Å². The predicted molar refractivity (Wildman–Crippen MR) is 136 cm³/mol. The molecule has 0 unspecified atom stereocenters. The molecule has 2 atom stereocenters. The van der Waals surface area contributed by atoms with Crippen LogP contribution < -0.4 is 11.1 Å². The highest BCUT2D eigenvalue weighted by atomic mass is 16.3. The zero-order valence-corrected chi connectivity index (χ0v) is 20.6. The van der Waals surface area contributed by atoms with Crippen molar-refractivity contribution in [2.24, 2.45) is 5.73 Å². The van der Waals surface area contributed by atoms with Crippen LogP contribution in [0.4, 0.5) is 0 Å². The second kappa shape index (κ2) is 11.5. The number of nitrogens with two attached hydrogens (primary N) is 1. The molecule has 4 N–H and O–H groups in total. The van der Waals surface area contributed by atoms with Gasteiger partial charge in [0.15, 0.2) is 0 Å². The van der Waals surface area contributed by atoms with Gasteiger partial charge in [-0.3, -0.25) is 19.7 Å². The van der Waals surface area contributed by atoms with Gasteiger partial charge in [0, 0.05) is 25.5 Å². The van der Waals surface area contributed by atoms with Crippen molar-refractivity contribution in [3.05, 3.63) is 94.1 Å². The van der Waals surface area contributed by atoms with E-state index in [0.717, 1.165) is 47.3 Å². The second-order valence-corrected chi connectivity index (χ2v) is 9.29. The molecule has 0 bridgehead atoms. The molecule has 3 aromatic rings. The molecule has 1 aromatic carbocycles. The Morgan fingerprint density at radius 3 is 2.20 bits per heavy atom. The second-order valence-electron chi connectivity index (χ2n) is 9.29. The summed E-state index contributed by atoms with van der Waals surface area (Å²) in [7, 11) is 0. The third-order valence-electron chi connectivity index (χ3n) is 6.96. The van der Waals surface area contributed by atoms with Crippen molar-refractivity contribution in [3.8, 4) is 0 Å². The number of hydrogen-bond acceptors (Lipinski definition) is 6. The Labute approximate surface area is 207 Å². The monoisotopic (exact) mass is 473 g/mol. The normalized spacial score (nSPS) is 18.4. The number of aliphatic hydroxyl groups is 1. The average Bonchev–Trinajstić information content (AvgIpc) is 2.88. The molecule has 1 aliphatic rings. The van der Waals surface area contributed by atoms with Gasteiger partial charge in [-0.1, -0.05) is 30.3 Å². The van der Waals surface area contributed by atoms with Crippen molar-refractivity contribution in [1.29, 1.82) is 0 Å². The van der Waals surface area contributed by atoms with E-state index in [-0.39, 0.29) is 31.1 Å². The van der Waals surface area contributed by atoms with E-state index in [1.807, 2.05) is 36.7 Å². The standard InChI is InChI=1S/C28H35N5O2/c1-19-6-4-12-30-27(19)24-8-3-9-25(28-20(2)7-5-13-31-28)33(24)17-22-11-10-21(14-23(22)18-34)16-32-26(35)15-29/h4-7,10-14,24-25,34H,3,8-9,15-18,29H2,1-2H3,(H,32,35)/t24-,25+. The van der Waals surface area contributed by atoms with Gasteiger partial charge in [0.1, 0.15) is 0 Å². The summed E-state index contributed by atoms with van der Waals surface area (Å²) in [4.78, 5) is 23.7. The molecule has 1 saturated heterocycles. The van der Waals surface area contributed by atoms with Gasteiger partial charge in [0.05, 0.1) is 36.6 Å². The molecule has 7 nitrogen and oxygen atoms in total. The molecule has 7 heteroatoms. The van der Waals surface area contributed by atoms with Crippen molar-refractivity contribution in [2.45, 2.75) is 64.9 Å². The number of carbonyl (C=O) groups excluding carboxylic acids is 1. The van der Waals surface area contributed by atoms with Crippen LogP contribution in [-0.2, 0) is 24.5 Å². The molecule has 2 aromatic heterocycles. The van der Waals surface area contributed by atoms with E-state index in [9.17, 15) is 9.90 Å². The maximum Gasteiger partial charge on any atom is 0.234 e. The molecule has 0 radical (unpaired) electrons. The minimum absolute atomic E-state index is 0.0391. The van der Waals surface area contributed by atoms with Gasteiger partial charge in [0.25, 0.3) is 0 Å². The van der Waals surface area contributed by atoms with Gasteiger partial charge in [-0.2, -0.15) is 0 Å². The van der Waals surface area contributed by atoms with Crippen LogP contribution in [0.25, 0.3) is 0 Å². The summed E-state index contributed by atoms with van der Waals surface area (Å²) in [6.45, 7) is 5.20. The number of rotatable bonds is 8. The highest BCUT2D eigenvalue weighted by Gasteiger charge is 2.35. The lowest BCUT2D eigenvalue weighted by Gasteiger charge is -2.43. The molecule has 1 aliphatic heterocycles. The first-order valence-corrected chi connectivity index (χ1v) is 12.3. The Bertz CT molecular complexity index is 1110. The summed E-state index contributed by atoms with van der Waals surface area (Å²) in [6, 6.07) is 14.6. The summed E-state index contributed by atoms with van der Waals surface area (Å²) in [5.41, 5.74) is 12.9. The molecule has 0 saturated carbocycles. The van der Waals surface area contributed by atoms with Crippen molar-refractivity contribution < 1.29 is 9.90 Å². The quantitative estimate of drug-likeness (QED) is 0.462. The minimum Gasteiger partial charge on any atom is -0.392 e. The fourth-order valence-corrected chi connectivity index (χ4v) is 5.12. The number of hydrogen-bond donors (Lipinski definition) is 3. The first-order chi connectivity index (χ1) is 17.0. The summed E-state index contributed by atoms with van der Waals surface area (Å²) >= 11 is 0. The fraction of sp³-hybridized carbons (Fsp3) is 0.393. The summed E-state index contributed by atoms with van der Waals surface area (Å²) in [5.74, 6) is -0.199. The Balaban J connectivity index is 1.70. The number of aryl methyl sites for hydroxylation is 2. The van der Waals surface area contributed by atoms with Crippen molar-refractivity contribution >= 4 is 5.91 Å². The van der Waals surface area contributed by atoms with Gasteiger partial charge in [-0.05, 0) is 73.1 Å². The van der Waals surface area contributed by atoms with Crippen LogP contribution in [0, 0.1) is 13.8 Å². The maximum atomic E-state index is 11.6. The van der Waals surface area contributed by atoms with Crippen LogP contribution in [0.5, 0.6) is 0 Å². The zero-order valence-electron chi connectivity index (χ0n) is 20.6. The number of aliphatic hydroxyl groups excluding tert-OH is 1. The molecular weight excluding hydrogens is 438 g/mol. The molecular formula is C28H35N5O2. The van der Waals surface area contributed by atoms with Crippen LogP contribution in [0.2, 0.25) is 0 Å². The first kappa shape index (κ1) is 25.0. The first-order valence-electron chi connectivity index (χ1n) is 12.3. The topological polar surface area (TPSA) is 104 Å². The Morgan fingerprint density at radius 1 is 1.03 bits per heavy atom. The molecule has 0 aliphatic carbocycles. The van der Waals surface area contributed by atoms with Crippen LogP contribution >= 0.6 is 0 Å². The van der Waals surface area contributed by atoms with Crippen LogP contribution in [0.1, 0.15) is 70.6 Å². The lowest BCUT2D eigenvalue weighted by molar-refractivity contribution is -0.119. The van der Waals surface area contributed by atoms with Crippen LogP contribution in [-0.4, -0.2) is 32.4 Å². The third kappa shape index (κ3) is 5.75. The molecule has 1 amide bonds.